The molecule has 2 amide bonds. The van der Waals surface area contributed by atoms with E-state index in [-0.39, 0.29) is 5.91 Å². The van der Waals surface area contributed by atoms with Crippen molar-refractivity contribution in [3.63, 3.8) is 0 Å². The maximum absolute atomic E-state index is 13.0. The minimum atomic E-state index is -1.18. The van der Waals surface area contributed by atoms with Crippen LogP contribution in [-0.4, -0.2) is 41.8 Å². The lowest BCUT2D eigenvalue weighted by Gasteiger charge is -2.17. The topological polar surface area (TPSA) is 126 Å². The predicted molar refractivity (Wildman–Crippen MR) is 131 cm³/mol. The van der Waals surface area contributed by atoms with Gasteiger partial charge in [0, 0.05) is 17.5 Å². The first kappa shape index (κ1) is 25.7. The standard InChI is InChI=1S/C27H30N2O6/c1-17-10-11-20(13-18(17)2)26(33)28-12-6-5-8-22(27(34)29-21(16-30)15-25(31)32)24-14-19-7-3-4-9-23(19)35-24/h3-4,7,9-11,13-14,16,21-22H,5-6,8,12,15H2,1-2H3,(H,28,33)(H,29,34)(H,31,32). The molecule has 0 bridgehead atoms. The highest BCUT2D eigenvalue weighted by Gasteiger charge is 2.27. The molecular weight excluding hydrogens is 448 g/mol. The first-order chi connectivity index (χ1) is 16.8. The number of rotatable bonds is 12. The third kappa shape index (κ3) is 7.02. The third-order valence-electron chi connectivity index (χ3n) is 5.97. The minimum Gasteiger partial charge on any atom is -0.481 e. The van der Waals surface area contributed by atoms with E-state index >= 15 is 0 Å². The summed E-state index contributed by atoms with van der Waals surface area (Å²) in [6, 6.07) is 13.6. The Hall–Kier alpha value is -3.94. The van der Waals surface area contributed by atoms with Crippen molar-refractivity contribution in [3.05, 3.63) is 71.0 Å². The van der Waals surface area contributed by atoms with E-state index in [1.165, 1.54) is 0 Å². The Kier molecular flexibility index (Phi) is 8.78. The fourth-order valence-electron chi connectivity index (χ4n) is 3.84. The zero-order valence-corrected chi connectivity index (χ0v) is 19.9. The van der Waals surface area contributed by atoms with E-state index in [4.69, 9.17) is 9.52 Å². The van der Waals surface area contributed by atoms with Crippen LogP contribution in [0.5, 0.6) is 0 Å². The van der Waals surface area contributed by atoms with Gasteiger partial charge in [-0.25, -0.2) is 0 Å². The molecule has 184 valence electrons. The number of unbranched alkanes of at least 4 members (excludes halogenated alkanes) is 1. The summed E-state index contributed by atoms with van der Waals surface area (Å²) in [5, 5.41) is 15.2. The van der Waals surface area contributed by atoms with Crippen molar-refractivity contribution in [3.8, 4) is 0 Å². The molecule has 0 aliphatic heterocycles. The third-order valence-corrected chi connectivity index (χ3v) is 5.97. The number of nitrogens with one attached hydrogen (secondary N) is 2. The molecular formula is C27H30N2O6. The molecule has 2 unspecified atom stereocenters. The summed E-state index contributed by atoms with van der Waals surface area (Å²) >= 11 is 0. The van der Waals surface area contributed by atoms with Crippen LogP contribution in [0.1, 0.15) is 58.8 Å². The summed E-state index contributed by atoms with van der Waals surface area (Å²) in [5.41, 5.74) is 3.41. The highest BCUT2D eigenvalue weighted by molar-refractivity contribution is 5.94. The summed E-state index contributed by atoms with van der Waals surface area (Å²) in [6.07, 6.45) is 1.57. The van der Waals surface area contributed by atoms with Gasteiger partial charge in [-0.15, -0.1) is 0 Å². The normalized spacial score (nSPS) is 12.6. The number of carboxylic acid groups (broad SMARTS) is 1. The predicted octanol–water partition coefficient (Wildman–Crippen LogP) is 3.89. The van der Waals surface area contributed by atoms with Crippen LogP contribution in [-0.2, 0) is 14.4 Å². The fourth-order valence-corrected chi connectivity index (χ4v) is 3.84. The molecule has 3 rings (SSSR count). The van der Waals surface area contributed by atoms with E-state index in [2.05, 4.69) is 10.6 Å². The van der Waals surface area contributed by atoms with Gasteiger partial charge in [0.1, 0.15) is 17.6 Å². The quantitative estimate of drug-likeness (QED) is 0.268. The number of carbonyl (C=O) groups is 4. The summed E-state index contributed by atoms with van der Waals surface area (Å²) < 4.78 is 5.89. The van der Waals surface area contributed by atoms with E-state index in [0.717, 1.165) is 16.5 Å². The first-order valence-corrected chi connectivity index (χ1v) is 11.6. The molecule has 8 heteroatoms. The molecule has 2 aromatic carbocycles. The fraction of sp³-hybridized carbons (Fsp3) is 0.333. The van der Waals surface area contributed by atoms with Crippen LogP contribution >= 0.6 is 0 Å². The van der Waals surface area contributed by atoms with E-state index in [0.29, 0.717) is 49.0 Å². The maximum Gasteiger partial charge on any atom is 0.305 e. The number of carbonyl (C=O) groups excluding carboxylic acids is 3. The van der Waals surface area contributed by atoms with Crippen molar-refractivity contribution < 1.29 is 28.7 Å². The average Bonchev–Trinajstić information content (AvgIpc) is 3.25. The van der Waals surface area contributed by atoms with Gasteiger partial charge in [-0.3, -0.25) is 14.4 Å². The molecule has 0 spiro atoms. The van der Waals surface area contributed by atoms with Gasteiger partial charge in [0.05, 0.1) is 18.4 Å². The van der Waals surface area contributed by atoms with Crippen LogP contribution in [0.3, 0.4) is 0 Å². The Morgan fingerprint density at radius 3 is 2.49 bits per heavy atom. The van der Waals surface area contributed by atoms with Crippen LogP contribution in [0.25, 0.3) is 11.0 Å². The number of fused-ring (bicyclic) bond motifs is 1. The van der Waals surface area contributed by atoms with Gasteiger partial charge >= 0.3 is 5.97 Å². The highest BCUT2D eigenvalue weighted by Crippen LogP contribution is 2.29. The first-order valence-electron chi connectivity index (χ1n) is 11.6. The zero-order chi connectivity index (χ0) is 25.4. The van der Waals surface area contributed by atoms with Gasteiger partial charge in [0.2, 0.25) is 5.91 Å². The Morgan fingerprint density at radius 2 is 1.80 bits per heavy atom. The smallest absolute Gasteiger partial charge is 0.305 e. The molecule has 0 aliphatic carbocycles. The Balaban J connectivity index is 1.62. The van der Waals surface area contributed by atoms with Gasteiger partial charge in [0.15, 0.2) is 0 Å². The lowest BCUT2D eigenvalue weighted by molar-refractivity contribution is -0.138. The number of aryl methyl sites for hydroxylation is 2. The zero-order valence-electron chi connectivity index (χ0n) is 19.9. The number of hydrogen-bond donors (Lipinski definition) is 3. The SMILES string of the molecule is Cc1ccc(C(=O)NCCCCC(C(=O)NC(C=O)CC(=O)O)c2cc3ccccc3o2)cc1C. The lowest BCUT2D eigenvalue weighted by Crippen LogP contribution is -2.40. The number of amides is 2. The van der Waals surface area contributed by atoms with Crippen molar-refractivity contribution >= 4 is 35.0 Å². The molecule has 0 saturated heterocycles. The molecule has 8 nitrogen and oxygen atoms in total. The van der Waals surface area contributed by atoms with Crippen LogP contribution < -0.4 is 10.6 Å². The van der Waals surface area contributed by atoms with Crippen LogP contribution in [0.15, 0.2) is 52.9 Å². The van der Waals surface area contributed by atoms with E-state index in [1.54, 1.807) is 18.2 Å². The summed E-state index contributed by atoms with van der Waals surface area (Å²) in [4.78, 5) is 47.6. The number of benzene rings is 2. The molecule has 0 aliphatic rings. The van der Waals surface area contributed by atoms with Crippen LogP contribution in [0.4, 0.5) is 0 Å². The average molecular weight is 479 g/mol. The molecule has 0 fully saturated rings. The molecule has 1 aromatic heterocycles. The lowest BCUT2D eigenvalue weighted by atomic mass is 9.97. The van der Waals surface area contributed by atoms with E-state index in [1.807, 2.05) is 44.2 Å². The summed E-state index contributed by atoms with van der Waals surface area (Å²) in [7, 11) is 0. The molecule has 3 aromatic rings. The Labute approximate surface area is 203 Å². The second kappa shape index (κ2) is 12.0. The second-order valence-corrected chi connectivity index (χ2v) is 8.64. The van der Waals surface area contributed by atoms with Crippen molar-refractivity contribution in [1.82, 2.24) is 10.6 Å². The number of aliphatic carboxylic acids is 1. The molecule has 0 radical (unpaired) electrons. The minimum absolute atomic E-state index is 0.151. The maximum atomic E-state index is 13.0. The summed E-state index contributed by atoms with van der Waals surface area (Å²) in [5.74, 6) is -2.05. The van der Waals surface area contributed by atoms with Gasteiger partial charge in [0.25, 0.3) is 5.91 Å². The van der Waals surface area contributed by atoms with E-state index in [9.17, 15) is 19.2 Å². The van der Waals surface area contributed by atoms with Crippen molar-refractivity contribution in [2.75, 3.05) is 6.54 Å². The van der Waals surface area contributed by atoms with Crippen molar-refractivity contribution in [2.24, 2.45) is 0 Å². The number of carboxylic acids is 1. The Morgan fingerprint density at radius 1 is 1.03 bits per heavy atom. The van der Waals surface area contributed by atoms with Crippen LogP contribution in [0.2, 0.25) is 0 Å². The number of aldehydes is 1. The molecule has 0 saturated carbocycles. The second-order valence-electron chi connectivity index (χ2n) is 8.64. The highest BCUT2D eigenvalue weighted by atomic mass is 16.4. The van der Waals surface area contributed by atoms with Gasteiger partial charge in [-0.2, -0.15) is 0 Å². The summed E-state index contributed by atoms with van der Waals surface area (Å²) in [6.45, 7) is 4.39. The number of para-hydroxylation sites is 1. The van der Waals surface area contributed by atoms with E-state index < -0.39 is 30.3 Å². The van der Waals surface area contributed by atoms with Gasteiger partial charge < -0.3 is 25.0 Å². The van der Waals surface area contributed by atoms with Crippen molar-refractivity contribution in [2.45, 2.75) is 51.5 Å². The number of furan rings is 1. The van der Waals surface area contributed by atoms with Crippen LogP contribution in [0, 0.1) is 13.8 Å². The molecule has 2 atom stereocenters. The molecule has 3 N–H and O–H groups in total. The molecule has 1 heterocycles. The number of hydrogen-bond acceptors (Lipinski definition) is 5. The van der Waals surface area contributed by atoms with Crippen molar-refractivity contribution in [1.29, 1.82) is 0 Å². The molecule has 35 heavy (non-hydrogen) atoms. The monoisotopic (exact) mass is 478 g/mol. The van der Waals surface area contributed by atoms with Gasteiger partial charge in [-0.05, 0) is 62.1 Å². The Bertz CT molecular complexity index is 1180. The van der Waals surface area contributed by atoms with Gasteiger partial charge in [-0.1, -0.05) is 30.7 Å². The largest absolute Gasteiger partial charge is 0.481 e.